The first-order valence-corrected chi connectivity index (χ1v) is 10.3. The van der Waals surface area contributed by atoms with E-state index in [0.717, 1.165) is 20.8 Å². The summed E-state index contributed by atoms with van der Waals surface area (Å²) in [5, 5.41) is 17.3. The number of hydrogen-bond donors (Lipinski definition) is 1. The molecule has 2 fully saturated rings. The Morgan fingerprint density at radius 1 is 0.882 bits per heavy atom. The lowest BCUT2D eigenvalue weighted by molar-refractivity contribution is -0.284. The molecule has 0 bridgehead atoms. The predicted octanol–water partition coefficient (Wildman–Crippen LogP) is 1.01. The highest BCUT2D eigenvalue weighted by molar-refractivity contribution is 5.67. The summed E-state index contributed by atoms with van der Waals surface area (Å²) in [7, 11) is 0. The van der Waals surface area contributed by atoms with Crippen molar-refractivity contribution < 1.29 is 47.9 Å². The van der Waals surface area contributed by atoms with Crippen molar-refractivity contribution in [2.75, 3.05) is 6.54 Å². The van der Waals surface area contributed by atoms with E-state index in [1.807, 2.05) is 0 Å². The highest BCUT2D eigenvalue weighted by Gasteiger charge is 2.54. The Hall–Kier alpha value is -3.13. The zero-order chi connectivity index (χ0) is 25.4. The molecule has 0 radical (unpaired) electrons. The van der Waals surface area contributed by atoms with Gasteiger partial charge in [0.2, 0.25) is 0 Å². The van der Waals surface area contributed by atoms with Gasteiger partial charge in [-0.15, -0.1) is 0 Å². The van der Waals surface area contributed by atoms with Crippen molar-refractivity contribution in [2.45, 2.75) is 89.4 Å². The molecule has 188 valence electrons. The Bertz CT molecular complexity index is 860. The van der Waals surface area contributed by atoms with Crippen molar-refractivity contribution in [3.8, 4) is 0 Å². The fraction of sp³-hybridized carbons (Fsp3) is 0.833. The van der Waals surface area contributed by atoms with E-state index in [9.17, 15) is 19.5 Å². The molecule has 34 heavy (non-hydrogen) atoms. The minimum Gasteiger partial charge on any atom is -0.458 e. The fourth-order valence-corrected chi connectivity index (χ4v) is 3.78. The second kappa shape index (κ2) is 12.4. The van der Waals surface area contributed by atoms with Crippen molar-refractivity contribution in [1.29, 1.82) is 0 Å². The van der Waals surface area contributed by atoms with Crippen molar-refractivity contribution in [1.82, 2.24) is 0 Å². The smallest absolute Gasteiger partial charge is 0.303 e. The number of aliphatic hydroxyl groups excluding tert-OH is 1. The molecule has 0 aromatic heterocycles. The van der Waals surface area contributed by atoms with E-state index >= 15 is 0 Å². The van der Waals surface area contributed by atoms with Crippen molar-refractivity contribution >= 4 is 17.9 Å². The summed E-state index contributed by atoms with van der Waals surface area (Å²) in [5.41, 5.74) is 17.9. The highest BCUT2D eigenvalue weighted by Crippen LogP contribution is 2.34. The molecule has 2 rings (SSSR count). The first kappa shape index (κ1) is 27.1. The Morgan fingerprint density at radius 3 is 2.00 bits per heavy atom. The average Bonchev–Trinajstić information content (AvgIpc) is 3.04. The molecule has 0 aromatic rings. The van der Waals surface area contributed by atoms with Crippen LogP contribution in [0, 0.1) is 0 Å². The molecule has 16 nitrogen and oxygen atoms in total. The van der Waals surface area contributed by atoms with Crippen LogP contribution in [-0.2, 0) is 42.8 Å². The SMILES string of the molecule is CC[C@H]1OC(O)[C@H](OC(C)=O)[C@@H]1O[C@H]1O[C@@H](CN=[N+]=[N-])[C@@H](OC(C)=O)[C@H](OC(C)=O)[C@H]1N=[N+]=[N-]. The fourth-order valence-electron chi connectivity index (χ4n) is 3.78. The Kier molecular flexibility index (Phi) is 9.86. The maximum Gasteiger partial charge on any atom is 0.303 e. The van der Waals surface area contributed by atoms with Gasteiger partial charge in [0.15, 0.2) is 30.9 Å². The minimum atomic E-state index is -1.50. The van der Waals surface area contributed by atoms with Crippen molar-refractivity contribution in [3.63, 3.8) is 0 Å². The molecule has 2 aliphatic heterocycles. The van der Waals surface area contributed by atoms with E-state index in [4.69, 9.17) is 39.5 Å². The predicted molar refractivity (Wildman–Crippen MR) is 108 cm³/mol. The number of ether oxygens (including phenoxy) is 6. The van der Waals surface area contributed by atoms with Gasteiger partial charge in [0.25, 0.3) is 0 Å². The zero-order valence-corrected chi connectivity index (χ0v) is 18.9. The van der Waals surface area contributed by atoms with E-state index in [2.05, 4.69) is 20.1 Å². The molecule has 1 unspecified atom stereocenters. The standard InChI is InChI=1S/C18H26N6O10/c1-5-10-13(16(17(28)32-10)31-9(4)27)34-18-12(22-24-20)15(30-8(3)26)14(29-7(2)25)11(33-18)6-21-23-19/h10-18,28H,5-6H2,1-4H3/t10-,11+,12-,13-,14-,15-,16-,17?,18-/m1/s1. The molecular formula is C18H26N6O10. The summed E-state index contributed by atoms with van der Waals surface area (Å²) in [6, 6.07) is -1.38. The Balaban J connectivity index is 2.47. The van der Waals surface area contributed by atoms with Crippen LogP contribution in [0.1, 0.15) is 34.1 Å². The molecule has 2 saturated heterocycles. The van der Waals surface area contributed by atoms with Crippen LogP contribution in [0.3, 0.4) is 0 Å². The third-order valence-electron chi connectivity index (χ3n) is 5.01. The van der Waals surface area contributed by atoms with Crippen molar-refractivity contribution in [2.24, 2.45) is 10.2 Å². The number of hydrogen-bond acceptors (Lipinski definition) is 12. The largest absolute Gasteiger partial charge is 0.458 e. The minimum absolute atomic E-state index is 0.337. The summed E-state index contributed by atoms with van der Waals surface area (Å²) in [5.74, 6) is -2.25. The van der Waals surface area contributed by atoms with Crippen LogP contribution in [0.2, 0.25) is 0 Å². The van der Waals surface area contributed by atoms with Crippen LogP contribution >= 0.6 is 0 Å². The second-order valence-electron chi connectivity index (χ2n) is 7.45. The number of nitrogens with zero attached hydrogens (tertiary/aromatic N) is 6. The average molecular weight is 486 g/mol. The molecule has 0 aromatic carbocycles. The maximum atomic E-state index is 11.8. The summed E-state index contributed by atoms with van der Waals surface area (Å²) >= 11 is 0. The summed E-state index contributed by atoms with van der Waals surface area (Å²) in [6.07, 6.45) is -9.55. The number of rotatable bonds is 9. The van der Waals surface area contributed by atoms with Crippen LogP contribution in [0.25, 0.3) is 20.9 Å². The number of esters is 3. The lowest BCUT2D eigenvalue weighted by Crippen LogP contribution is -2.62. The van der Waals surface area contributed by atoms with Gasteiger partial charge in [-0.1, -0.05) is 17.2 Å². The quantitative estimate of drug-likeness (QED) is 0.160. The van der Waals surface area contributed by atoms with Gasteiger partial charge in [-0.3, -0.25) is 14.4 Å². The van der Waals surface area contributed by atoms with Gasteiger partial charge in [0, 0.05) is 30.6 Å². The first-order chi connectivity index (χ1) is 16.1. The van der Waals surface area contributed by atoms with Gasteiger partial charge in [0.05, 0.1) is 12.6 Å². The monoisotopic (exact) mass is 486 g/mol. The van der Waals surface area contributed by atoms with E-state index < -0.39 is 73.2 Å². The lowest BCUT2D eigenvalue weighted by Gasteiger charge is -2.44. The normalized spacial score (nSPS) is 34.8. The van der Waals surface area contributed by atoms with Gasteiger partial charge < -0.3 is 33.5 Å². The third-order valence-corrected chi connectivity index (χ3v) is 5.01. The second-order valence-corrected chi connectivity index (χ2v) is 7.45. The lowest BCUT2D eigenvalue weighted by atomic mass is 9.96. The van der Waals surface area contributed by atoms with E-state index in [-0.39, 0.29) is 6.54 Å². The third kappa shape index (κ3) is 6.70. The Morgan fingerprint density at radius 2 is 1.47 bits per heavy atom. The molecule has 9 atom stereocenters. The molecular weight excluding hydrogens is 460 g/mol. The molecule has 0 spiro atoms. The number of carbonyl (C=O) groups excluding carboxylic acids is 3. The van der Waals surface area contributed by atoms with Gasteiger partial charge in [-0.2, -0.15) is 0 Å². The highest BCUT2D eigenvalue weighted by atomic mass is 16.7. The summed E-state index contributed by atoms with van der Waals surface area (Å²) in [4.78, 5) is 40.5. The van der Waals surface area contributed by atoms with Crippen molar-refractivity contribution in [3.05, 3.63) is 20.9 Å². The van der Waals surface area contributed by atoms with E-state index in [1.54, 1.807) is 6.92 Å². The van der Waals surface area contributed by atoms with Gasteiger partial charge in [0.1, 0.15) is 18.2 Å². The molecule has 1 N–H and O–H groups in total. The van der Waals surface area contributed by atoms with Gasteiger partial charge in [-0.05, 0) is 17.5 Å². The Labute approximate surface area is 193 Å². The summed E-state index contributed by atoms with van der Waals surface area (Å²) in [6.45, 7) is 4.71. The summed E-state index contributed by atoms with van der Waals surface area (Å²) < 4.78 is 32.9. The van der Waals surface area contributed by atoms with E-state index in [1.165, 1.54) is 0 Å². The topological polar surface area (TPSA) is 224 Å². The van der Waals surface area contributed by atoms with Gasteiger partial charge >= 0.3 is 17.9 Å². The molecule has 16 heteroatoms. The van der Waals surface area contributed by atoms with E-state index in [0.29, 0.717) is 6.42 Å². The van der Waals surface area contributed by atoms with Crippen LogP contribution in [-0.4, -0.2) is 84.8 Å². The molecule has 0 saturated carbocycles. The van der Waals surface area contributed by atoms with Crippen LogP contribution in [0.15, 0.2) is 10.2 Å². The first-order valence-electron chi connectivity index (χ1n) is 10.3. The van der Waals surface area contributed by atoms with Crippen LogP contribution in [0.5, 0.6) is 0 Å². The zero-order valence-electron chi connectivity index (χ0n) is 18.9. The molecule has 0 amide bonds. The number of azide groups is 2. The molecule has 2 aliphatic rings. The van der Waals surface area contributed by atoms with Gasteiger partial charge in [-0.25, -0.2) is 0 Å². The van der Waals surface area contributed by atoms with Crippen LogP contribution in [0.4, 0.5) is 0 Å². The molecule has 0 aliphatic carbocycles. The van der Waals surface area contributed by atoms with Crippen LogP contribution < -0.4 is 0 Å². The number of carbonyl (C=O) groups is 3. The molecule has 2 heterocycles. The maximum absolute atomic E-state index is 11.8. The number of aliphatic hydroxyl groups is 1.